The van der Waals surface area contributed by atoms with Crippen LogP contribution in [0.3, 0.4) is 0 Å². The van der Waals surface area contributed by atoms with Crippen molar-refractivity contribution >= 4 is 11.8 Å². The number of carbonyl (C=O) groups excluding carboxylic acids is 1. The summed E-state index contributed by atoms with van der Waals surface area (Å²) in [5, 5.41) is 11.9. The second kappa shape index (κ2) is 11.8. The van der Waals surface area contributed by atoms with Crippen LogP contribution in [-0.4, -0.2) is 56.1 Å². The first-order valence-corrected chi connectivity index (χ1v) is 7.48. The first-order chi connectivity index (χ1) is 12.1. The van der Waals surface area contributed by atoms with Crippen LogP contribution in [0.5, 0.6) is 5.75 Å². The van der Waals surface area contributed by atoms with Gasteiger partial charge in [-0.15, -0.1) is 0 Å². The molecule has 0 radical (unpaired) electrons. The number of aliphatic carboxylic acids is 1. The molecule has 1 atom stereocenters. The number of Topliss-reactive ketones (excluding diaryl/α,β-unsaturated/α-hetero) is 1. The van der Waals surface area contributed by atoms with E-state index in [1.807, 2.05) is 0 Å². The number of nitrogens with zero attached hydrogens (tertiary/aromatic N) is 3. The maximum atomic E-state index is 11.8. The molecule has 25 heavy (non-hydrogen) atoms. The molecule has 0 aliphatic rings. The van der Waals surface area contributed by atoms with Crippen LogP contribution in [0.15, 0.2) is 29.4 Å². The normalized spacial score (nSPS) is 11.4. The first kappa shape index (κ1) is 20.4. The molecule has 1 rings (SSSR count). The number of rotatable bonds is 13. The summed E-state index contributed by atoms with van der Waals surface area (Å²) < 4.78 is 15.5. The SMILES string of the molecule is [N-]=[N+]=N[C@H](COCCOCC(=O)O)Oc1cccc(C(=O)CCN)c1. The Hall–Kier alpha value is -2.65. The highest BCUT2D eigenvalue weighted by Gasteiger charge is 2.11. The molecule has 0 amide bonds. The van der Waals surface area contributed by atoms with E-state index in [0.29, 0.717) is 11.3 Å². The lowest BCUT2D eigenvalue weighted by atomic mass is 10.1. The molecule has 0 aromatic heterocycles. The van der Waals surface area contributed by atoms with Gasteiger partial charge in [0.15, 0.2) is 5.78 Å². The smallest absolute Gasteiger partial charge is 0.329 e. The average molecular weight is 352 g/mol. The van der Waals surface area contributed by atoms with Gasteiger partial charge in [-0.3, -0.25) is 4.79 Å². The summed E-state index contributed by atoms with van der Waals surface area (Å²) in [6.07, 6.45) is -0.716. The lowest BCUT2D eigenvalue weighted by molar-refractivity contribution is -0.142. The molecule has 1 aromatic rings. The predicted molar refractivity (Wildman–Crippen MR) is 87.3 cm³/mol. The van der Waals surface area contributed by atoms with Crippen molar-refractivity contribution in [3.63, 3.8) is 0 Å². The van der Waals surface area contributed by atoms with Crippen LogP contribution < -0.4 is 10.5 Å². The lowest BCUT2D eigenvalue weighted by Crippen LogP contribution is -2.22. The van der Waals surface area contributed by atoms with Gasteiger partial charge in [0.2, 0.25) is 6.23 Å². The maximum absolute atomic E-state index is 11.8. The van der Waals surface area contributed by atoms with Crippen molar-refractivity contribution in [1.82, 2.24) is 0 Å². The third-order valence-corrected chi connectivity index (χ3v) is 2.84. The minimum atomic E-state index is -1.07. The van der Waals surface area contributed by atoms with Crippen LogP contribution in [0.4, 0.5) is 0 Å². The minimum absolute atomic E-state index is 0.0541. The van der Waals surface area contributed by atoms with Gasteiger partial charge in [0.1, 0.15) is 12.4 Å². The molecule has 1 aromatic carbocycles. The highest BCUT2D eigenvalue weighted by molar-refractivity contribution is 5.96. The van der Waals surface area contributed by atoms with E-state index in [9.17, 15) is 9.59 Å². The number of hydrogen-bond acceptors (Lipinski definition) is 7. The summed E-state index contributed by atoms with van der Waals surface area (Å²) in [6, 6.07) is 6.44. The fourth-order valence-corrected chi connectivity index (χ4v) is 1.79. The van der Waals surface area contributed by atoms with Crippen molar-refractivity contribution in [2.75, 3.05) is 33.0 Å². The Morgan fingerprint density at radius 3 is 2.76 bits per heavy atom. The van der Waals surface area contributed by atoms with E-state index < -0.39 is 18.8 Å². The van der Waals surface area contributed by atoms with E-state index in [-0.39, 0.29) is 38.6 Å². The second-order valence-corrected chi connectivity index (χ2v) is 4.79. The lowest BCUT2D eigenvalue weighted by Gasteiger charge is -2.15. The predicted octanol–water partition coefficient (Wildman–Crippen LogP) is 1.35. The Morgan fingerprint density at radius 1 is 1.32 bits per heavy atom. The first-order valence-electron chi connectivity index (χ1n) is 7.48. The molecule has 10 heteroatoms. The van der Waals surface area contributed by atoms with E-state index in [1.54, 1.807) is 18.2 Å². The number of carboxylic acids is 1. The Labute approximate surface area is 144 Å². The van der Waals surface area contributed by atoms with E-state index >= 15 is 0 Å². The summed E-state index contributed by atoms with van der Waals surface area (Å²) >= 11 is 0. The van der Waals surface area contributed by atoms with Crippen LogP contribution in [0.25, 0.3) is 10.4 Å². The van der Waals surface area contributed by atoms with Crippen LogP contribution in [0.2, 0.25) is 0 Å². The molecule has 10 nitrogen and oxygen atoms in total. The van der Waals surface area contributed by atoms with Crippen molar-refractivity contribution in [1.29, 1.82) is 0 Å². The molecule has 0 heterocycles. The summed E-state index contributed by atoms with van der Waals surface area (Å²) in [5.41, 5.74) is 14.4. The molecule has 3 N–H and O–H groups in total. The molecule has 136 valence electrons. The van der Waals surface area contributed by atoms with Crippen molar-refractivity contribution in [2.45, 2.75) is 12.6 Å². The molecular formula is C15H20N4O6. The zero-order valence-corrected chi connectivity index (χ0v) is 13.5. The van der Waals surface area contributed by atoms with Crippen LogP contribution in [-0.2, 0) is 14.3 Å². The van der Waals surface area contributed by atoms with Gasteiger partial charge in [-0.1, -0.05) is 12.1 Å². The van der Waals surface area contributed by atoms with E-state index in [1.165, 1.54) is 6.07 Å². The van der Waals surface area contributed by atoms with Gasteiger partial charge >= 0.3 is 5.97 Å². The zero-order valence-electron chi connectivity index (χ0n) is 13.5. The maximum Gasteiger partial charge on any atom is 0.329 e. The van der Waals surface area contributed by atoms with E-state index in [4.69, 9.17) is 30.6 Å². The molecule has 0 spiro atoms. The summed E-state index contributed by atoms with van der Waals surface area (Å²) in [5.74, 6) is -0.828. The molecule has 0 unspecified atom stereocenters. The van der Waals surface area contributed by atoms with Crippen molar-refractivity contribution in [2.24, 2.45) is 10.8 Å². The fraction of sp³-hybridized carbons (Fsp3) is 0.467. The Bertz CT molecular complexity index is 618. The number of carboxylic acid groups (broad SMARTS) is 1. The molecule has 0 aliphatic heterocycles. The van der Waals surface area contributed by atoms with Crippen molar-refractivity contribution in [3.8, 4) is 5.75 Å². The van der Waals surface area contributed by atoms with Gasteiger partial charge in [0.25, 0.3) is 0 Å². The summed E-state index contributed by atoms with van der Waals surface area (Å²) in [6.45, 7) is -0.0186. The van der Waals surface area contributed by atoms with Crippen LogP contribution in [0, 0.1) is 0 Å². The average Bonchev–Trinajstić information content (AvgIpc) is 2.58. The molecule has 0 aliphatic carbocycles. The van der Waals surface area contributed by atoms with Gasteiger partial charge in [0, 0.05) is 16.9 Å². The largest absolute Gasteiger partial charge is 0.482 e. The Morgan fingerprint density at radius 2 is 2.08 bits per heavy atom. The monoisotopic (exact) mass is 352 g/mol. The molecule has 0 saturated carbocycles. The standard InChI is InChI=1S/C15H20N4O6/c16-5-4-13(20)11-2-1-3-12(8-11)25-14(18-19-17)9-23-6-7-24-10-15(21)22/h1-3,8,14H,4-7,9-10,16H2,(H,21,22)/t14-/m0/s1. The third-order valence-electron chi connectivity index (χ3n) is 2.84. The Balaban J connectivity index is 2.51. The second-order valence-electron chi connectivity index (χ2n) is 4.79. The molecular weight excluding hydrogens is 332 g/mol. The highest BCUT2D eigenvalue weighted by atomic mass is 16.6. The van der Waals surface area contributed by atoms with Crippen LogP contribution >= 0.6 is 0 Å². The number of ether oxygens (including phenoxy) is 3. The highest BCUT2D eigenvalue weighted by Crippen LogP contribution is 2.17. The van der Waals surface area contributed by atoms with Gasteiger partial charge in [-0.05, 0) is 29.3 Å². The van der Waals surface area contributed by atoms with Crippen LogP contribution in [0.1, 0.15) is 16.8 Å². The topological polar surface area (TPSA) is 157 Å². The van der Waals surface area contributed by atoms with Gasteiger partial charge in [0.05, 0.1) is 19.8 Å². The Kier molecular flexibility index (Phi) is 9.64. The number of nitrogens with two attached hydrogens (primary N) is 1. The van der Waals surface area contributed by atoms with E-state index in [0.717, 1.165) is 0 Å². The van der Waals surface area contributed by atoms with E-state index in [2.05, 4.69) is 10.0 Å². The number of ketones is 1. The summed E-state index contributed by atoms with van der Waals surface area (Å²) in [4.78, 5) is 24.8. The number of hydrogen-bond donors (Lipinski definition) is 2. The third kappa shape index (κ3) is 8.68. The fourth-order valence-electron chi connectivity index (χ4n) is 1.79. The molecule has 0 bridgehead atoms. The molecule has 0 fully saturated rings. The zero-order chi connectivity index (χ0) is 18.5. The van der Waals surface area contributed by atoms with Crippen molar-refractivity contribution < 1.29 is 28.9 Å². The van der Waals surface area contributed by atoms with Gasteiger partial charge in [-0.25, -0.2) is 4.79 Å². The van der Waals surface area contributed by atoms with Gasteiger partial charge < -0.3 is 25.1 Å². The molecule has 0 saturated heterocycles. The van der Waals surface area contributed by atoms with Gasteiger partial charge in [-0.2, -0.15) is 0 Å². The van der Waals surface area contributed by atoms with Crippen molar-refractivity contribution in [3.05, 3.63) is 40.3 Å². The quantitative estimate of drug-likeness (QED) is 0.178. The summed E-state index contributed by atoms with van der Waals surface area (Å²) in [7, 11) is 0. The number of benzene rings is 1. The number of azide groups is 1. The number of carbonyl (C=O) groups is 2. The minimum Gasteiger partial charge on any atom is -0.482 e.